The van der Waals surface area contributed by atoms with E-state index < -0.39 is 49.0 Å². The van der Waals surface area contributed by atoms with Gasteiger partial charge in [0, 0.05) is 13.0 Å². The number of fused-ring (bicyclic) bond motifs is 5. The zero-order valence-electron chi connectivity index (χ0n) is 26.5. The van der Waals surface area contributed by atoms with Gasteiger partial charge < -0.3 is 44.8 Å². The Kier molecular flexibility index (Phi) is 9.78. The first-order valence-corrected chi connectivity index (χ1v) is 16.6. The maximum atomic E-state index is 11.7. The first-order chi connectivity index (χ1) is 19.7. The van der Waals surface area contributed by atoms with Crippen molar-refractivity contribution in [3.63, 3.8) is 0 Å². The van der Waals surface area contributed by atoms with E-state index in [-0.39, 0.29) is 47.2 Å². The second-order valence-corrected chi connectivity index (χ2v) is 15.6. The van der Waals surface area contributed by atoms with Gasteiger partial charge in [-0.3, -0.25) is 0 Å². The van der Waals surface area contributed by atoms with Gasteiger partial charge in [-0.2, -0.15) is 0 Å². The third-order valence-corrected chi connectivity index (χ3v) is 13.1. The minimum Gasteiger partial charge on any atom is -0.393 e. The second kappa shape index (κ2) is 12.4. The van der Waals surface area contributed by atoms with Crippen molar-refractivity contribution in [2.75, 3.05) is 13.7 Å². The Bertz CT molecular complexity index is 918. The van der Waals surface area contributed by atoms with E-state index in [0.29, 0.717) is 30.6 Å². The molecule has 5 fully saturated rings. The van der Waals surface area contributed by atoms with Gasteiger partial charge in [-0.1, -0.05) is 34.6 Å². The summed E-state index contributed by atoms with van der Waals surface area (Å²) in [5, 5.41) is 65.7. The van der Waals surface area contributed by atoms with Gasteiger partial charge in [0.15, 0.2) is 6.29 Å². The SMILES string of the molecule is CO[C@H]1[C@H](O[C@H]2CC[C@]3(C)C4CC[C@]5(C)[C@@H]([C@H](C)CC[C@H](O)C(C)C)C[C@@H](O)[C@H]5C4C[C@@H](O)C3[C@H]2O)OC[C@@H](O)[C@@H]1O. The summed E-state index contributed by atoms with van der Waals surface area (Å²) in [5.41, 5.74) is -0.305. The van der Waals surface area contributed by atoms with Crippen molar-refractivity contribution in [1.29, 1.82) is 0 Å². The molecule has 1 saturated heterocycles. The summed E-state index contributed by atoms with van der Waals surface area (Å²) < 4.78 is 17.2. The Hall–Kier alpha value is -0.360. The van der Waals surface area contributed by atoms with Gasteiger partial charge in [0.05, 0.1) is 37.1 Å². The molecule has 0 radical (unpaired) electrons. The van der Waals surface area contributed by atoms with E-state index in [1.54, 1.807) is 0 Å². The van der Waals surface area contributed by atoms with Gasteiger partial charge >= 0.3 is 0 Å². The topological polar surface area (TPSA) is 149 Å². The van der Waals surface area contributed by atoms with Crippen molar-refractivity contribution in [3.05, 3.63) is 0 Å². The van der Waals surface area contributed by atoms with Crippen LogP contribution in [0.1, 0.15) is 86.0 Å². The number of ether oxygens (including phenoxy) is 3. The molecule has 0 spiro atoms. The van der Waals surface area contributed by atoms with Crippen molar-refractivity contribution in [1.82, 2.24) is 0 Å². The van der Waals surface area contributed by atoms with Crippen molar-refractivity contribution >= 4 is 0 Å². The second-order valence-electron chi connectivity index (χ2n) is 15.6. The Balaban J connectivity index is 1.30. The van der Waals surface area contributed by atoms with Crippen LogP contribution in [0.2, 0.25) is 0 Å². The van der Waals surface area contributed by atoms with Crippen LogP contribution >= 0.6 is 0 Å². The molecule has 0 aromatic carbocycles. The highest BCUT2D eigenvalue weighted by molar-refractivity contribution is 5.15. The van der Waals surface area contributed by atoms with Gasteiger partial charge in [0.25, 0.3) is 0 Å². The summed E-state index contributed by atoms with van der Waals surface area (Å²) in [5.74, 6) is 1.26. The molecule has 1 heterocycles. The first kappa shape index (κ1) is 33.0. The molecule has 0 aromatic heterocycles. The van der Waals surface area contributed by atoms with E-state index in [0.717, 1.165) is 38.5 Å². The van der Waals surface area contributed by atoms with Crippen LogP contribution in [0.15, 0.2) is 0 Å². The average molecular weight is 599 g/mol. The molecular weight excluding hydrogens is 540 g/mol. The quantitative estimate of drug-likeness (QED) is 0.232. The Labute approximate surface area is 251 Å². The summed E-state index contributed by atoms with van der Waals surface area (Å²) in [7, 11) is 1.43. The molecule has 9 heteroatoms. The van der Waals surface area contributed by atoms with E-state index >= 15 is 0 Å². The van der Waals surface area contributed by atoms with E-state index in [1.807, 2.05) is 0 Å². The van der Waals surface area contributed by atoms with Crippen LogP contribution in [0.4, 0.5) is 0 Å². The zero-order valence-corrected chi connectivity index (χ0v) is 26.5. The normalized spacial score (nSPS) is 52.4. The van der Waals surface area contributed by atoms with Gasteiger partial charge in [-0.15, -0.1) is 0 Å². The number of hydrogen-bond donors (Lipinski definition) is 6. The fourth-order valence-corrected chi connectivity index (χ4v) is 10.8. The Morgan fingerprint density at radius 3 is 2.17 bits per heavy atom. The average Bonchev–Trinajstić information content (AvgIpc) is 3.21. The first-order valence-electron chi connectivity index (χ1n) is 16.6. The summed E-state index contributed by atoms with van der Waals surface area (Å²) in [4.78, 5) is 0. The Morgan fingerprint density at radius 1 is 0.833 bits per heavy atom. The van der Waals surface area contributed by atoms with E-state index in [1.165, 1.54) is 7.11 Å². The molecule has 0 bridgehead atoms. The molecule has 4 aliphatic carbocycles. The monoisotopic (exact) mass is 598 g/mol. The van der Waals surface area contributed by atoms with Crippen molar-refractivity contribution < 1.29 is 44.8 Å². The molecule has 244 valence electrons. The Morgan fingerprint density at radius 2 is 1.50 bits per heavy atom. The van der Waals surface area contributed by atoms with Crippen molar-refractivity contribution in [2.24, 2.45) is 52.3 Å². The molecule has 3 unspecified atom stereocenters. The zero-order chi connectivity index (χ0) is 30.7. The highest BCUT2D eigenvalue weighted by atomic mass is 16.7. The molecule has 17 atom stereocenters. The van der Waals surface area contributed by atoms with Gasteiger partial charge in [0.1, 0.15) is 18.3 Å². The van der Waals surface area contributed by atoms with E-state index in [9.17, 15) is 30.6 Å². The van der Waals surface area contributed by atoms with E-state index in [4.69, 9.17) is 14.2 Å². The molecule has 4 saturated carbocycles. The van der Waals surface area contributed by atoms with Crippen LogP contribution in [0, 0.1) is 52.3 Å². The number of aliphatic hydroxyl groups excluding tert-OH is 6. The largest absolute Gasteiger partial charge is 0.393 e. The minimum absolute atomic E-state index is 0.0104. The van der Waals surface area contributed by atoms with Gasteiger partial charge in [-0.05, 0) is 97.7 Å². The fourth-order valence-electron chi connectivity index (χ4n) is 10.8. The number of hydrogen-bond acceptors (Lipinski definition) is 9. The molecule has 0 aromatic rings. The summed E-state index contributed by atoms with van der Waals surface area (Å²) >= 11 is 0. The number of rotatable bonds is 8. The lowest BCUT2D eigenvalue weighted by Crippen LogP contribution is -2.64. The minimum atomic E-state index is -1.15. The fraction of sp³-hybridized carbons (Fsp3) is 1.00. The van der Waals surface area contributed by atoms with Crippen LogP contribution in [0.25, 0.3) is 0 Å². The van der Waals surface area contributed by atoms with Crippen LogP contribution in [0.3, 0.4) is 0 Å². The molecule has 42 heavy (non-hydrogen) atoms. The van der Waals surface area contributed by atoms with E-state index in [2.05, 4.69) is 34.6 Å². The molecule has 5 rings (SSSR count). The smallest absolute Gasteiger partial charge is 0.186 e. The lowest BCUT2D eigenvalue weighted by atomic mass is 9.43. The third kappa shape index (κ3) is 5.51. The number of aliphatic hydroxyl groups is 6. The highest BCUT2D eigenvalue weighted by Crippen LogP contribution is 2.68. The van der Waals surface area contributed by atoms with Crippen LogP contribution < -0.4 is 0 Å². The molecule has 6 N–H and O–H groups in total. The predicted octanol–water partition coefficient (Wildman–Crippen LogP) is 2.47. The number of methoxy groups -OCH3 is 1. The van der Waals surface area contributed by atoms with Crippen LogP contribution in [0.5, 0.6) is 0 Å². The highest BCUT2D eigenvalue weighted by Gasteiger charge is 2.66. The lowest BCUT2D eigenvalue weighted by Gasteiger charge is -2.63. The third-order valence-electron chi connectivity index (χ3n) is 13.1. The standard InChI is InChI=1S/C33H58O9/c1-16(2)21(34)8-7-17(3)20-14-23(36)26-18-13-22(35)27-29(39)25(42-31-30(40-6)28(38)24(37)15-41-31)10-12-32(27,4)19(18)9-11-33(20,26)5/h16-31,34-39H,7-15H2,1-6H3/t17-,18?,19?,20-,21+,22-,23-,24-,25+,26-,27?,28+,29+,30-,31+,32-,33-/m1/s1. The van der Waals surface area contributed by atoms with Gasteiger partial charge in [0.2, 0.25) is 0 Å². The maximum Gasteiger partial charge on any atom is 0.186 e. The van der Waals surface area contributed by atoms with Crippen LogP contribution in [-0.4, -0.2) is 99.5 Å². The lowest BCUT2D eigenvalue weighted by molar-refractivity contribution is -0.310. The summed E-state index contributed by atoms with van der Waals surface area (Å²) in [6, 6.07) is 0. The molecule has 1 aliphatic heterocycles. The van der Waals surface area contributed by atoms with Crippen molar-refractivity contribution in [3.8, 4) is 0 Å². The molecular formula is C33H58O9. The summed E-state index contributed by atoms with van der Waals surface area (Å²) in [6.45, 7) is 10.9. The van der Waals surface area contributed by atoms with Crippen LogP contribution in [-0.2, 0) is 14.2 Å². The van der Waals surface area contributed by atoms with Gasteiger partial charge in [-0.25, -0.2) is 0 Å². The predicted molar refractivity (Wildman–Crippen MR) is 156 cm³/mol. The molecule has 0 amide bonds. The molecule has 5 aliphatic rings. The maximum absolute atomic E-state index is 11.7. The summed E-state index contributed by atoms with van der Waals surface area (Å²) in [6.07, 6.45) is -0.450. The molecule has 9 nitrogen and oxygen atoms in total. The van der Waals surface area contributed by atoms with Crippen molar-refractivity contribution in [2.45, 2.75) is 141 Å².